The fraction of sp³-hybridized carbons (Fsp3) is 0.150. The van der Waals surface area contributed by atoms with Crippen LogP contribution in [0.15, 0.2) is 55.1 Å². The van der Waals surface area contributed by atoms with Gasteiger partial charge in [0, 0.05) is 29.5 Å². The second-order valence-corrected chi connectivity index (χ2v) is 7.73. The van der Waals surface area contributed by atoms with Gasteiger partial charge in [0.25, 0.3) is 0 Å². The third kappa shape index (κ3) is 5.03. The first-order chi connectivity index (χ1) is 14.5. The zero-order valence-corrected chi connectivity index (χ0v) is 17.1. The van der Waals surface area contributed by atoms with E-state index in [4.69, 9.17) is 0 Å². The Bertz CT molecular complexity index is 1120. The van der Waals surface area contributed by atoms with Crippen LogP contribution in [0.1, 0.15) is 23.4 Å². The van der Waals surface area contributed by atoms with E-state index in [1.165, 1.54) is 23.5 Å². The molecule has 0 aliphatic carbocycles. The Labute approximate surface area is 176 Å². The summed E-state index contributed by atoms with van der Waals surface area (Å²) in [5.74, 6) is 1.79. The van der Waals surface area contributed by atoms with Gasteiger partial charge in [0.1, 0.15) is 23.3 Å². The van der Waals surface area contributed by atoms with Gasteiger partial charge in [0.15, 0.2) is 5.13 Å². The molecule has 30 heavy (non-hydrogen) atoms. The topological polar surface area (TPSA) is 101 Å². The summed E-state index contributed by atoms with van der Waals surface area (Å²) in [5.41, 5.74) is 0.914. The van der Waals surface area contributed by atoms with Crippen molar-refractivity contribution < 1.29 is 4.39 Å². The number of nitrogens with one attached hydrogen (secondary N) is 3. The second kappa shape index (κ2) is 8.78. The van der Waals surface area contributed by atoms with Crippen LogP contribution in [0.25, 0.3) is 0 Å². The monoisotopic (exact) mass is 422 g/mol. The number of benzene rings is 1. The Morgan fingerprint density at radius 2 is 1.70 bits per heavy atom. The molecule has 8 nitrogen and oxygen atoms in total. The minimum atomic E-state index is -0.275. The maximum Gasteiger partial charge on any atom is 0.227 e. The van der Waals surface area contributed by atoms with Crippen molar-refractivity contribution in [2.45, 2.75) is 19.9 Å². The summed E-state index contributed by atoms with van der Waals surface area (Å²) in [6.07, 6.45) is 6.59. The Balaban J connectivity index is 1.61. The molecule has 4 aromatic rings. The Kier molecular flexibility index (Phi) is 5.75. The molecule has 1 aromatic carbocycles. The van der Waals surface area contributed by atoms with Gasteiger partial charge in [-0.15, -0.1) is 11.3 Å². The maximum absolute atomic E-state index is 13.2. The van der Waals surface area contributed by atoms with E-state index in [-0.39, 0.29) is 11.9 Å². The average molecular weight is 422 g/mol. The van der Waals surface area contributed by atoms with Crippen LogP contribution >= 0.6 is 11.3 Å². The quantitative estimate of drug-likeness (QED) is 0.389. The number of rotatable bonds is 7. The van der Waals surface area contributed by atoms with Crippen LogP contribution in [0.2, 0.25) is 0 Å². The number of nitrogens with zero attached hydrogens (tertiary/aromatic N) is 5. The van der Waals surface area contributed by atoms with Crippen LogP contribution < -0.4 is 16.0 Å². The highest BCUT2D eigenvalue weighted by Gasteiger charge is 2.12. The van der Waals surface area contributed by atoms with E-state index < -0.39 is 0 Å². The molecule has 0 saturated heterocycles. The summed E-state index contributed by atoms with van der Waals surface area (Å²) in [7, 11) is 0. The van der Waals surface area contributed by atoms with Gasteiger partial charge in [-0.2, -0.15) is 9.97 Å². The second-order valence-electron chi connectivity index (χ2n) is 6.50. The highest BCUT2D eigenvalue weighted by Crippen LogP contribution is 2.25. The first-order valence-corrected chi connectivity index (χ1v) is 10.0. The van der Waals surface area contributed by atoms with Crippen LogP contribution in [-0.2, 0) is 0 Å². The van der Waals surface area contributed by atoms with E-state index in [9.17, 15) is 4.39 Å². The number of hydrogen-bond acceptors (Lipinski definition) is 9. The third-order valence-electron chi connectivity index (χ3n) is 4.12. The lowest BCUT2D eigenvalue weighted by atomic mass is 10.1. The summed E-state index contributed by atoms with van der Waals surface area (Å²) in [5, 5.41) is 10.3. The zero-order chi connectivity index (χ0) is 20.9. The Morgan fingerprint density at radius 3 is 2.37 bits per heavy atom. The van der Waals surface area contributed by atoms with Crippen LogP contribution in [0.3, 0.4) is 0 Å². The van der Waals surface area contributed by atoms with Crippen molar-refractivity contribution in [2.75, 3.05) is 16.0 Å². The molecule has 4 rings (SSSR count). The molecule has 0 amide bonds. The minimum Gasteiger partial charge on any atom is -0.348 e. The van der Waals surface area contributed by atoms with Gasteiger partial charge in [-0.25, -0.2) is 14.4 Å². The molecule has 0 aliphatic heterocycles. The normalized spacial score (nSPS) is 11.7. The molecule has 3 aromatic heterocycles. The lowest BCUT2D eigenvalue weighted by Gasteiger charge is -2.16. The number of anilines is 5. The van der Waals surface area contributed by atoms with Crippen LogP contribution in [0.4, 0.5) is 32.9 Å². The molecular formula is C20H19FN8S. The van der Waals surface area contributed by atoms with Crippen molar-refractivity contribution >= 4 is 39.9 Å². The summed E-state index contributed by atoms with van der Waals surface area (Å²) < 4.78 is 13.2. The van der Waals surface area contributed by atoms with Crippen LogP contribution in [-0.4, -0.2) is 24.9 Å². The lowest BCUT2D eigenvalue weighted by molar-refractivity contribution is 0.626. The highest BCUT2D eigenvalue weighted by molar-refractivity contribution is 7.15. The summed E-state index contributed by atoms with van der Waals surface area (Å²) in [4.78, 5) is 22.8. The first kappa shape index (κ1) is 19.6. The van der Waals surface area contributed by atoms with E-state index in [2.05, 4.69) is 40.9 Å². The number of hydrogen-bond donors (Lipinski definition) is 3. The lowest BCUT2D eigenvalue weighted by Crippen LogP contribution is -2.11. The molecule has 1 atom stereocenters. The van der Waals surface area contributed by atoms with Crippen molar-refractivity contribution in [3.63, 3.8) is 0 Å². The first-order valence-electron chi connectivity index (χ1n) is 9.19. The predicted octanol–water partition coefficient (Wildman–Crippen LogP) is 4.83. The number of halogens is 1. The van der Waals surface area contributed by atoms with Crippen LogP contribution in [0, 0.1) is 12.7 Å². The molecule has 0 spiro atoms. The molecule has 0 unspecified atom stereocenters. The van der Waals surface area contributed by atoms with Gasteiger partial charge < -0.3 is 16.0 Å². The Morgan fingerprint density at radius 1 is 0.933 bits per heavy atom. The van der Waals surface area contributed by atoms with E-state index in [0.717, 1.165) is 15.6 Å². The summed E-state index contributed by atoms with van der Waals surface area (Å²) >= 11 is 1.53. The molecule has 0 aliphatic rings. The van der Waals surface area contributed by atoms with E-state index in [0.29, 0.717) is 23.4 Å². The van der Waals surface area contributed by atoms with Crippen molar-refractivity contribution in [1.29, 1.82) is 0 Å². The number of thiazole rings is 1. The number of aromatic nitrogens is 5. The van der Waals surface area contributed by atoms with Gasteiger partial charge >= 0.3 is 0 Å². The molecule has 10 heteroatoms. The van der Waals surface area contributed by atoms with Crippen molar-refractivity contribution in [3.8, 4) is 0 Å². The molecule has 0 fully saturated rings. The molecule has 152 valence electrons. The molecule has 0 bridgehead atoms. The van der Waals surface area contributed by atoms with E-state index >= 15 is 0 Å². The summed E-state index contributed by atoms with van der Waals surface area (Å²) in [6.45, 7) is 3.94. The Hall–Kier alpha value is -3.66. The molecule has 0 radical (unpaired) electrons. The van der Waals surface area contributed by atoms with Crippen molar-refractivity contribution in [3.05, 3.63) is 71.4 Å². The molecular weight excluding hydrogens is 403 g/mol. The minimum absolute atomic E-state index is 0.132. The number of aryl methyl sites for hydroxylation is 1. The van der Waals surface area contributed by atoms with E-state index in [1.807, 2.05) is 13.8 Å². The standard InChI is InChI=1S/C20H19FN8S/c1-12-10-24-20(30-12)29-17-9-16(26-18-11-22-7-8-23-18)27-19(28-17)25-13(2)14-3-5-15(21)6-4-14/h3-11,13H,1-2H3,(H3,23,24,25,26,27,28,29)/t13-/m0/s1. The molecule has 3 N–H and O–H groups in total. The average Bonchev–Trinajstić information content (AvgIpc) is 3.13. The maximum atomic E-state index is 13.2. The third-order valence-corrected chi connectivity index (χ3v) is 4.95. The van der Waals surface area contributed by atoms with Gasteiger partial charge in [-0.3, -0.25) is 4.98 Å². The van der Waals surface area contributed by atoms with Crippen molar-refractivity contribution in [1.82, 2.24) is 24.9 Å². The van der Waals surface area contributed by atoms with Gasteiger partial charge in [0.05, 0.1) is 12.2 Å². The molecule has 3 heterocycles. The fourth-order valence-electron chi connectivity index (χ4n) is 2.69. The predicted molar refractivity (Wildman–Crippen MR) is 116 cm³/mol. The van der Waals surface area contributed by atoms with Gasteiger partial charge in [0.2, 0.25) is 5.95 Å². The fourth-order valence-corrected chi connectivity index (χ4v) is 3.36. The van der Waals surface area contributed by atoms with Crippen LogP contribution in [0.5, 0.6) is 0 Å². The smallest absolute Gasteiger partial charge is 0.227 e. The highest BCUT2D eigenvalue weighted by atomic mass is 32.1. The van der Waals surface area contributed by atoms with Gasteiger partial charge in [-0.05, 0) is 31.5 Å². The van der Waals surface area contributed by atoms with Gasteiger partial charge in [-0.1, -0.05) is 12.1 Å². The van der Waals surface area contributed by atoms with E-state index in [1.54, 1.807) is 43.0 Å². The summed E-state index contributed by atoms with van der Waals surface area (Å²) in [6, 6.07) is 7.95. The zero-order valence-electron chi connectivity index (χ0n) is 16.3. The largest absolute Gasteiger partial charge is 0.348 e. The molecule has 0 saturated carbocycles. The SMILES string of the molecule is Cc1cnc(Nc2cc(Nc3cnccn3)nc(N[C@@H](C)c3ccc(F)cc3)n2)s1. The van der Waals surface area contributed by atoms with Crippen molar-refractivity contribution in [2.24, 2.45) is 0 Å².